The maximum Gasteiger partial charge on any atom is 0.0467 e. The highest BCUT2D eigenvalue weighted by Gasteiger charge is 2.10. The molecule has 17 heavy (non-hydrogen) atoms. The summed E-state index contributed by atoms with van der Waals surface area (Å²) in [5, 5.41) is 1.26. The van der Waals surface area contributed by atoms with E-state index in [1.807, 2.05) is 30.0 Å². The van der Waals surface area contributed by atoms with Crippen molar-refractivity contribution in [3.05, 3.63) is 35.4 Å². The molecule has 0 spiro atoms. The van der Waals surface area contributed by atoms with Crippen LogP contribution < -0.4 is 5.73 Å². The van der Waals surface area contributed by atoms with Gasteiger partial charge >= 0.3 is 0 Å². The van der Waals surface area contributed by atoms with Crippen molar-refractivity contribution in [1.29, 1.82) is 0 Å². The van der Waals surface area contributed by atoms with E-state index in [4.69, 9.17) is 17.3 Å². The number of benzene rings is 1. The highest BCUT2D eigenvalue weighted by Crippen LogP contribution is 2.34. The second-order valence-corrected chi connectivity index (χ2v) is 6.12. The second kappa shape index (κ2) is 6.36. The molecule has 0 saturated carbocycles. The summed E-state index contributed by atoms with van der Waals surface area (Å²) in [7, 11) is 0. The van der Waals surface area contributed by atoms with Crippen LogP contribution in [0, 0.1) is 0 Å². The standard InChI is InChI=1S/C14H18ClNS/c15-11-8-9-14(13(16)10-11)17-12-6-4-2-1-3-5-7-12/h4,6,8-10,12H,1-3,5,7,16H2/b6-4+. The van der Waals surface area contributed by atoms with Crippen LogP contribution in [0.4, 0.5) is 5.69 Å². The first kappa shape index (κ1) is 12.8. The molecule has 1 aromatic carbocycles. The molecule has 1 aliphatic carbocycles. The maximum atomic E-state index is 5.98. The lowest BCUT2D eigenvalue weighted by molar-refractivity contribution is 0.643. The van der Waals surface area contributed by atoms with Crippen LogP contribution in [0.2, 0.25) is 5.02 Å². The summed E-state index contributed by atoms with van der Waals surface area (Å²) < 4.78 is 0. The molecule has 2 N–H and O–H groups in total. The number of hydrogen-bond donors (Lipinski definition) is 1. The third-order valence-electron chi connectivity index (χ3n) is 2.96. The number of halogens is 1. The fourth-order valence-corrected chi connectivity index (χ4v) is 3.34. The molecule has 0 radical (unpaired) electrons. The average molecular weight is 268 g/mol. The van der Waals surface area contributed by atoms with E-state index in [9.17, 15) is 0 Å². The van der Waals surface area contributed by atoms with E-state index in [1.165, 1.54) is 32.1 Å². The summed E-state index contributed by atoms with van der Waals surface area (Å²) >= 11 is 7.76. The Morgan fingerprint density at radius 1 is 1.24 bits per heavy atom. The maximum absolute atomic E-state index is 5.98. The Morgan fingerprint density at radius 2 is 2.12 bits per heavy atom. The van der Waals surface area contributed by atoms with E-state index < -0.39 is 0 Å². The quantitative estimate of drug-likeness (QED) is 0.609. The van der Waals surface area contributed by atoms with Crippen LogP contribution in [-0.2, 0) is 0 Å². The van der Waals surface area contributed by atoms with E-state index in [0.29, 0.717) is 10.3 Å². The number of thioether (sulfide) groups is 1. The summed E-state index contributed by atoms with van der Waals surface area (Å²) in [6.45, 7) is 0. The Bertz CT molecular complexity index is 403. The van der Waals surface area contributed by atoms with Crippen molar-refractivity contribution in [2.45, 2.75) is 42.2 Å². The Morgan fingerprint density at radius 3 is 2.94 bits per heavy atom. The number of nitrogen functional groups attached to an aromatic ring is 1. The van der Waals surface area contributed by atoms with Gasteiger partial charge in [-0.2, -0.15) is 0 Å². The smallest absolute Gasteiger partial charge is 0.0467 e. The fraction of sp³-hybridized carbons (Fsp3) is 0.429. The van der Waals surface area contributed by atoms with Crippen LogP contribution >= 0.6 is 23.4 Å². The van der Waals surface area contributed by atoms with Crippen molar-refractivity contribution in [3.63, 3.8) is 0 Å². The number of rotatable bonds is 2. The molecule has 0 aliphatic heterocycles. The molecule has 1 nitrogen and oxygen atoms in total. The van der Waals surface area contributed by atoms with Gasteiger partial charge in [0.2, 0.25) is 0 Å². The van der Waals surface area contributed by atoms with Crippen LogP contribution in [0.15, 0.2) is 35.2 Å². The molecule has 2 rings (SSSR count). The van der Waals surface area contributed by atoms with Crippen LogP contribution in [0.1, 0.15) is 32.1 Å². The van der Waals surface area contributed by atoms with Crippen molar-refractivity contribution < 1.29 is 0 Å². The zero-order valence-electron chi connectivity index (χ0n) is 9.86. The zero-order chi connectivity index (χ0) is 12.1. The van der Waals surface area contributed by atoms with Gasteiger partial charge in [-0.15, -0.1) is 11.8 Å². The number of allylic oxidation sites excluding steroid dienone is 1. The lowest BCUT2D eigenvalue weighted by Gasteiger charge is -2.15. The predicted molar refractivity (Wildman–Crippen MR) is 77.7 cm³/mol. The Labute approximate surface area is 112 Å². The molecule has 0 amide bonds. The summed E-state index contributed by atoms with van der Waals surface area (Å²) in [6, 6.07) is 5.76. The van der Waals surface area contributed by atoms with Crippen molar-refractivity contribution in [3.8, 4) is 0 Å². The number of hydrogen-bond acceptors (Lipinski definition) is 2. The SMILES string of the molecule is Nc1cc(Cl)ccc1SC1/C=C/CCCCC1. The molecule has 1 atom stereocenters. The van der Waals surface area contributed by atoms with Crippen molar-refractivity contribution in [2.24, 2.45) is 0 Å². The summed E-state index contributed by atoms with van der Waals surface area (Å²) in [5.74, 6) is 0. The molecule has 0 bridgehead atoms. The fourth-order valence-electron chi connectivity index (χ4n) is 2.02. The van der Waals surface area contributed by atoms with Crippen LogP contribution in [0.5, 0.6) is 0 Å². The monoisotopic (exact) mass is 267 g/mol. The van der Waals surface area contributed by atoms with E-state index in [1.54, 1.807) is 0 Å². The molecule has 1 unspecified atom stereocenters. The molecule has 92 valence electrons. The van der Waals surface area contributed by atoms with Gasteiger partial charge in [0, 0.05) is 20.9 Å². The number of anilines is 1. The molecule has 1 aromatic rings. The molecule has 0 fully saturated rings. The average Bonchev–Trinajstić information content (AvgIpc) is 2.25. The Balaban J connectivity index is 2.05. The van der Waals surface area contributed by atoms with Crippen LogP contribution in [-0.4, -0.2) is 5.25 Å². The normalized spacial score (nSPS) is 22.8. The first-order chi connectivity index (χ1) is 8.25. The van der Waals surface area contributed by atoms with Gasteiger partial charge < -0.3 is 5.73 Å². The van der Waals surface area contributed by atoms with E-state index >= 15 is 0 Å². The third-order valence-corrected chi connectivity index (χ3v) is 4.52. The Kier molecular flexibility index (Phi) is 4.81. The molecule has 0 aromatic heterocycles. The minimum atomic E-state index is 0.554. The topological polar surface area (TPSA) is 26.0 Å². The highest BCUT2D eigenvalue weighted by molar-refractivity contribution is 8.00. The molecule has 0 saturated heterocycles. The lowest BCUT2D eigenvalue weighted by atomic mass is 10.1. The number of nitrogens with two attached hydrogens (primary N) is 1. The van der Waals surface area contributed by atoms with Gasteiger partial charge in [-0.05, 0) is 37.5 Å². The minimum absolute atomic E-state index is 0.554. The molecule has 1 aliphatic rings. The highest BCUT2D eigenvalue weighted by atomic mass is 35.5. The van der Waals surface area contributed by atoms with E-state index in [-0.39, 0.29) is 0 Å². The third kappa shape index (κ3) is 3.97. The summed E-state index contributed by atoms with van der Waals surface area (Å²) in [5.41, 5.74) is 6.77. The van der Waals surface area contributed by atoms with Gasteiger partial charge in [0.1, 0.15) is 0 Å². The van der Waals surface area contributed by atoms with Crippen molar-refractivity contribution >= 4 is 29.1 Å². The van der Waals surface area contributed by atoms with Crippen molar-refractivity contribution in [1.82, 2.24) is 0 Å². The van der Waals surface area contributed by atoms with Gasteiger partial charge in [0.15, 0.2) is 0 Å². The van der Waals surface area contributed by atoms with Gasteiger partial charge in [-0.1, -0.05) is 36.6 Å². The first-order valence-corrected chi connectivity index (χ1v) is 7.40. The molecular formula is C14H18ClNS. The summed E-state index contributed by atoms with van der Waals surface area (Å²) in [6.07, 6.45) is 11.1. The van der Waals surface area contributed by atoms with Gasteiger partial charge in [0.25, 0.3) is 0 Å². The minimum Gasteiger partial charge on any atom is -0.398 e. The van der Waals surface area contributed by atoms with Gasteiger partial charge in [0.05, 0.1) is 0 Å². The Hall–Kier alpha value is -0.600. The molecule has 3 heteroatoms. The first-order valence-electron chi connectivity index (χ1n) is 6.14. The van der Waals surface area contributed by atoms with E-state index in [0.717, 1.165) is 10.6 Å². The van der Waals surface area contributed by atoms with Crippen LogP contribution in [0.25, 0.3) is 0 Å². The lowest BCUT2D eigenvalue weighted by Crippen LogP contribution is -2.01. The predicted octanol–water partition coefficient (Wildman–Crippen LogP) is 4.90. The van der Waals surface area contributed by atoms with E-state index in [2.05, 4.69) is 12.2 Å². The largest absolute Gasteiger partial charge is 0.398 e. The second-order valence-electron chi connectivity index (χ2n) is 4.40. The zero-order valence-corrected chi connectivity index (χ0v) is 11.4. The van der Waals surface area contributed by atoms with Crippen molar-refractivity contribution in [2.75, 3.05) is 5.73 Å². The molecule has 0 heterocycles. The van der Waals surface area contributed by atoms with Gasteiger partial charge in [-0.25, -0.2) is 0 Å². The molecular weight excluding hydrogens is 250 g/mol. The van der Waals surface area contributed by atoms with Crippen LogP contribution in [0.3, 0.4) is 0 Å². The summed E-state index contributed by atoms with van der Waals surface area (Å²) in [4.78, 5) is 1.14. The van der Waals surface area contributed by atoms with Gasteiger partial charge in [-0.3, -0.25) is 0 Å².